The van der Waals surface area contributed by atoms with Gasteiger partial charge in [-0.05, 0) is 0 Å². The molecule has 0 saturated carbocycles. The summed E-state index contributed by atoms with van der Waals surface area (Å²) in [6.07, 6.45) is 0. The van der Waals surface area contributed by atoms with E-state index in [4.69, 9.17) is 11.6 Å². The van der Waals surface area contributed by atoms with Gasteiger partial charge in [0, 0.05) is 13.1 Å². The Kier molecular flexibility index (Phi) is 1.27. The molecule has 9 heavy (non-hydrogen) atoms. The van der Waals surface area contributed by atoms with Crippen LogP contribution in [0.25, 0.3) is 0 Å². The second kappa shape index (κ2) is 1.94. The van der Waals surface area contributed by atoms with Gasteiger partial charge in [-0.2, -0.15) is 5.90 Å². The van der Waals surface area contributed by atoms with Gasteiger partial charge in [-0.15, -0.1) is 5.10 Å². The van der Waals surface area contributed by atoms with Crippen molar-refractivity contribution in [2.45, 2.75) is 0 Å². The Balaban J connectivity index is 2.98. The molecular weight excluding hydrogens is 120 g/mol. The van der Waals surface area contributed by atoms with E-state index in [1.807, 2.05) is 0 Å². The Hall–Kier alpha value is -1.23. The molecule has 0 spiro atoms. The van der Waals surface area contributed by atoms with Crippen molar-refractivity contribution in [3.05, 3.63) is 6.07 Å². The summed E-state index contributed by atoms with van der Waals surface area (Å²) < 4.78 is 1.47. The second-order valence-corrected chi connectivity index (χ2v) is 1.65. The molecule has 0 aliphatic carbocycles. The summed E-state index contributed by atoms with van der Waals surface area (Å²) in [7, 11) is 1.71. The van der Waals surface area contributed by atoms with Crippen molar-refractivity contribution in [1.82, 2.24) is 9.78 Å². The SMILES string of the molecule is Cn1nc(ON)cc1N. The van der Waals surface area contributed by atoms with Crippen molar-refractivity contribution in [1.29, 1.82) is 0 Å². The minimum atomic E-state index is 0.329. The van der Waals surface area contributed by atoms with E-state index in [0.717, 1.165) is 0 Å². The standard InChI is InChI=1S/C4H8N4O/c1-8-3(5)2-4(7-8)9-6/h2H,5-6H2,1H3. The lowest BCUT2D eigenvalue weighted by atomic mass is 10.6. The number of nitrogens with zero attached hydrogens (tertiary/aromatic N) is 2. The van der Waals surface area contributed by atoms with Crippen LogP contribution in [0.2, 0.25) is 0 Å². The monoisotopic (exact) mass is 128 g/mol. The van der Waals surface area contributed by atoms with Crippen LogP contribution in [0.1, 0.15) is 0 Å². The fourth-order valence-electron chi connectivity index (χ4n) is 0.512. The number of aromatic nitrogens is 2. The fourth-order valence-corrected chi connectivity index (χ4v) is 0.512. The minimum Gasteiger partial charge on any atom is -0.389 e. The van der Waals surface area contributed by atoms with Crippen LogP contribution in [0.4, 0.5) is 5.82 Å². The summed E-state index contributed by atoms with van der Waals surface area (Å²) in [5.74, 6) is 5.65. The third-order valence-corrected chi connectivity index (χ3v) is 1.01. The van der Waals surface area contributed by atoms with E-state index >= 15 is 0 Å². The molecule has 50 valence electrons. The van der Waals surface area contributed by atoms with Crippen LogP contribution >= 0.6 is 0 Å². The largest absolute Gasteiger partial charge is 0.389 e. The van der Waals surface area contributed by atoms with Crippen LogP contribution in [0.5, 0.6) is 5.88 Å². The normalized spacial score (nSPS) is 9.56. The van der Waals surface area contributed by atoms with Gasteiger partial charge < -0.3 is 10.6 Å². The van der Waals surface area contributed by atoms with Gasteiger partial charge in [0.1, 0.15) is 5.82 Å². The smallest absolute Gasteiger partial charge is 0.258 e. The van der Waals surface area contributed by atoms with E-state index in [1.165, 1.54) is 4.68 Å². The number of rotatable bonds is 1. The highest BCUT2D eigenvalue weighted by atomic mass is 16.6. The van der Waals surface area contributed by atoms with E-state index in [2.05, 4.69) is 9.94 Å². The average Bonchev–Trinajstić information content (AvgIpc) is 2.13. The maximum Gasteiger partial charge on any atom is 0.258 e. The van der Waals surface area contributed by atoms with Crippen LogP contribution in [0.15, 0.2) is 6.07 Å². The third-order valence-electron chi connectivity index (χ3n) is 1.01. The van der Waals surface area contributed by atoms with E-state index in [9.17, 15) is 0 Å². The molecule has 5 nitrogen and oxygen atoms in total. The summed E-state index contributed by atoms with van der Waals surface area (Å²) in [4.78, 5) is 4.30. The van der Waals surface area contributed by atoms with Gasteiger partial charge in [-0.3, -0.25) is 0 Å². The van der Waals surface area contributed by atoms with E-state index in [-0.39, 0.29) is 0 Å². The molecule has 0 atom stereocenters. The van der Waals surface area contributed by atoms with Gasteiger partial charge in [-0.25, -0.2) is 4.68 Å². The number of nitrogens with two attached hydrogens (primary N) is 2. The molecule has 5 heteroatoms. The zero-order chi connectivity index (χ0) is 6.85. The number of aryl methyl sites for hydroxylation is 1. The van der Waals surface area contributed by atoms with E-state index in [1.54, 1.807) is 13.1 Å². The third kappa shape index (κ3) is 0.945. The first kappa shape index (κ1) is 5.90. The van der Waals surface area contributed by atoms with Gasteiger partial charge in [0.05, 0.1) is 0 Å². The Labute approximate surface area is 52.2 Å². The summed E-state index contributed by atoms with van der Waals surface area (Å²) in [6.45, 7) is 0. The van der Waals surface area contributed by atoms with Gasteiger partial charge >= 0.3 is 0 Å². The first-order valence-electron chi connectivity index (χ1n) is 2.40. The summed E-state index contributed by atoms with van der Waals surface area (Å²) >= 11 is 0. The highest BCUT2D eigenvalue weighted by molar-refractivity contribution is 5.33. The molecule has 0 unspecified atom stereocenters. The molecule has 0 aliphatic heterocycles. The lowest BCUT2D eigenvalue weighted by Gasteiger charge is -1.88. The molecule has 0 amide bonds. The predicted octanol–water partition coefficient (Wildman–Crippen LogP) is -0.745. The van der Waals surface area contributed by atoms with Gasteiger partial charge in [0.25, 0.3) is 5.88 Å². The Morgan fingerprint density at radius 1 is 1.78 bits per heavy atom. The fraction of sp³-hybridized carbons (Fsp3) is 0.250. The lowest BCUT2D eigenvalue weighted by molar-refractivity contribution is 0.317. The molecular formula is C4H8N4O. The Morgan fingerprint density at radius 2 is 2.44 bits per heavy atom. The average molecular weight is 128 g/mol. The molecule has 0 radical (unpaired) electrons. The quantitative estimate of drug-likeness (QED) is 0.488. The van der Waals surface area contributed by atoms with Crippen molar-refractivity contribution in [3.8, 4) is 5.88 Å². The van der Waals surface area contributed by atoms with Crippen molar-refractivity contribution in [2.24, 2.45) is 12.9 Å². The second-order valence-electron chi connectivity index (χ2n) is 1.65. The van der Waals surface area contributed by atoms with Crippen LogP contribution < -0.4 is 16.5 Å². The highest BCUT2D eigenvalue weighted by Gasteiger charge is 1.98. The molecule has 0 fully saturated rings. The van der Waals surface area contributed by atoms with Crippen molar-refractivity contribution in [2.75, 3.05) is 5.73 Å². The maximum absolute atomic E-state index is 5.38. The first-order chi connectivity index (χ1) is 4.24. The first-order valence-corrected chi connectivity index (χ1v) is 2.40. The minimum absolute atomic E-state index is 0.329. The molecule has 0 aliphatic rings. The van der Waals surface area contributed by atoms with E-state index < -0.39 is 0 Å². The van der Waals surface area contributed by atoms with Crippen LogP contribution in [0, 0.1) is 0 Å². The summed E-state index contributed by atoms with van der Waals surface area (Å²) in [5, 5.41) is 3.77. The summed E-state index contributed by atoms with van der Waals surface area (Å²) in [6, 6.07) is 1.54. The molecule has 1 aromatic rings. The van der Waals surface area contributed by atoms with Crippen molar-refractivity contribution < 1.29 is 4.84 Å². The van der Waals surface area contributed by atoms with Gasteiger partial charge in [-0.1, -0.05) is 0 Å². The molecule has 1 aromatic heterocycles. The Bertz CT molecular complexity index is 187. The molecule has 4 N–H and O–H groups in total. The lowest BCUT2D eigenvalue weighted by Crippen LogP contribution is -2.02. The van der Waals surface area contributed by atoms with Gasteiger partial charge in [0.15, 0.2) is 0 Å². The molecule has 1 rings (SSSR count). The zero-order valence-corrected chi connectivity index (χ0v) is 5.03. The van der Waals surface area contributed by atoms with Gasteiger partial charge in [0.2, 0.25) is 0 Å². The zero-order valence-electron chi connectivity index (χ0n) is 5.03. The van der Waals surface area contributed by atoms with Crippen molar-refractivity contribution in [3.63, 3.8) is 0 Å². The van der Waals surface area contributed by atoms with Crippen LogP contribution in [-0.4, -0.2) is 9.78 Å². The van der Waals surface area contributed by atoms with Crippen molar-refractivity contribution >= 4 is 5.82 Å². The number of anilines is 1. The predicted molar refractivity (Wildman–Crippen MR) is 32.4 cm³/mol. The topological polar surface area (TPSA) is 79.1 Å². The van der Waals surface area contributed by atoms with E-state index in [0.29, 0.717) is 11.7 Å². The molecule has 1 heterocycles. The van der Waals surface area contributed by atoms with Crippen LogP contribution in [0.3, 0.4) is 0 Å². The number of hydrogen-bond donors (Lipinski definition) is 2. The number of nitrogen functional groups attached to an aromatic ring is 1. The molecule has 0 aromatic carbocycles. The Morgan fingerprint density at radius 3 is 2.67 bits per heavy atom. The van der Waals surface area contributed by atoms with Crippen LogP contribution in [-0.2, 0) is 7.05 Å². The molecule has 0 saturated heterocycles. The number of hydrogen-bond acceptors (Lipinski definition) is 4. The highest BCUT2D eigenvalue weighted by Crippen LogP contribution is 2.09. The summed E-state index contributed by atoms with van der Waals surface area (Å²) in [5.41, 5.74) is 5.38. The maximum atomic E-state index is 5.38. The molecule has 0 bridgehead atoms.